The lowest BCUT2D eigenvalue weighted by Gasteiger charge is -2.32. The smallest absolute Gasteiger partial charge is 0.119 e. The van der Waals surface area contributed by atoms with Gasteiger partial charge < -0.3 is 0 Å². The molecule has 20 heavy (non-hydrogen) atoms. The molecule has 1 unspecified atom stereocenters. The molecule has 3 heteroatoms. The Hall–Kier alpha value is -1.76. The summed E-state index contributed by atoms with van der Waals surface area (Å²) in [4.78, 5) is 2.46. The molecule has 0 spiro atoms. The third-order valence-electron chi connectivity index (χ3n) is 4.24. The van der Waals surface area contributed by atoms with Gasteiger partial charge in [0, 0.05) is 18.8 Å². The van der Waals surface area contributed by atoms with Gasteiger partial charge in [-0.25, -0.2) is 0 Å². The fraction of sp³-hybridized carbons (Fsp3) is 0.235. The van der Waals surface area contributed by atoms with E-state index in [9.17, 15) is 0 Å². The minimum atomic E-state index is -0.0799. The van der Waals surface area contributed by atoms with Crippen molar-refractivity contribution in [2.75, 3.05) is 12.3 Å². The van der Waals surface area contributed by atoms with E-state index in [1.54, 1.807) is 0 Å². The number of hydrogen-bond acceptors (Lipinski definition) is 3. The predicted octanol–water partition coefficient (Wildman–Crippen LogP) is 3.32. The van der Waals surface area contributed by atoms with Crippen molar-refractivity contribution in [3.63, 3.8) is 0 Å². The molecule has 2 heterocycles. The Morgan fingerprint density at radius 1 is 1.15 bits per heavy atom. The summed E-state index contributed by atoms with van der Waals surface area (Å²) in [5.74, 6) is 1.14. The zero-order valence-electron chi connectivity index (χ0n) is 11.0. The molecule has 2 aromatic rings. The van der Waals surface area contributed by atoms with Gasteiger partial charge in [-0.1, -0.05) is 36.4 Å². The Balaban J connectivity index is 1.95. The Kier molecular flexibility index (Phi) is 2.63. The van der Waals surface area contributed by atoms with E-state index in [1.807, 2.05) is 30.0 Å². The van der Waals surface area contributed by atoms with Crippen molar-refractivity contribution < 1.29 is 0 Å². The van der Waals surface area contributed by atoms with Crippen LogP contribution in [0.4, 0.5) is 0 Å². The number of benzene rings is 2. The van der Waals surface area contributed by atoms with Gasteiger partial charge >= 0.3 is 0 Å². The maximum Gasteiger partial charge on any atom is 0.119 e. The highest BCUT2D eigenvalue weighted by atomic mass is 32.2. The van der Waals surface area contributed by atoms with Crippen LogP contribution in [0.25, 0.3) is 0 Å². The van der Waals surface area contributed by atoms with Crippen molar-refractivity contribution in [2.45, 2.75) is 11.4 Å². The molecule has 2 aromatic carbocycles. The van der Waals surface area contributed by atoms with Crippen LogP contribution in [0, 0.1) is 11.3 Å². The lowest BCUT2D eigenvalue weighted by molar-refractivity contribution is 0.249. The number of nitrogens with zero attached hydrogens (tertiary/aromatic N) is 2. The highest BCUT2D eigenvalue weighted by Crippen LogP contribution is 2.55. The fourth-order valence-electron chi connectivity index (χ4n) is 3.41. The number of fused-ring (bicyclic) bond motifs is 3. The highest BCUT2D eigenvalue weighted by Gasteiger charge is 2.50. The number of nitriles is 1. The van der Waals surface area contributed by atoms with Gasteiger partial charge in [-0.05, 0) is 28.8 Å². The molecule has 2 aliphatic heterocycles. The third-order valence-corrected chi connectivity index (χ3v) is 5.76. The Labute approximate surface area is 123 Å². The fourth-order valence-corrected chi connectivity index (χ4v) is 5.00. The van der Waals surface area contributed by atoms with Crippen LogP contribution >= 0.6 is 11.8 Å². The second-order valence-corrected chi connectivity index (χ2v) is 6.55. The van der Waals surface area contributed by atoms with Crippen LogP contribution < -0.4 is 0 Å². The van der Waals surface area contributed by atoms with Gasteiger partial charge in [0.05, 0.1) is 11.6 Å². The molecule has 0 aliphatic carbocycles. The zero-order valence-corrected chi connectivity index (χ0v) is 11.9. The van der Waals surface area contributed by atoms with Gasteiger partial charge in [0.25, 0.3) is 0 Å². The first-order valence-corrected chi connectivity index (χ1v) is 7.81. The Bertz CT molecular complexity index is 719. The highest BCUT2D eigenvalue weighted by molar-refractivity contribution is 8.00. The lowest BCUT2D eigenvalue weighted by atomic mass is 9.96. The second kappa shape index (κ2) is 4.37. The SMILES string of the molecule is N#Cc1cccc(C23SCCN2Cc2ccccc23)c1. The summed E-state index contributed by atoms with van der Waals surface area (Å²) in [6, 6.07) is 19.1. The zero-order chi connectivity index (χ0) is 13.6. The normalized spacial score (nSPS) is 24.1. The van der Waals surface area contributed by atoms with Crippen LogP contribution in [0.5, 0.6) is 0 Å². The van der Waals surface area contributed by atoms with Crippen molar-refractivity contribution in [1.82, 2.24) is 4.90 Å². The maximum atomic E-state index is 9.17. The maximum absolute atomic E-state index is 9.17. The molecule has 98 valence electrons. The van der Waals surface area contributed by atoms with Crippen molar-refractivity contribution in [3.05, 3.63) is 70.8 Å². The molecular weight excluding hydrogens is 264 g/mol. The summed E-state index contributed by atoms with van der Waals surface area (Å²) in [6.07, 6.45) is 0. The van der Waals surface area contributed by atoms with E-state index in [2.05, 4.69) is 41.3 Å². The van der Waals surface area contributed by atoms with Crippen LogP contribution in [0.15, 0.2) is 48.5 Å². The first kappa shape index (κ1) is 12.0. The van der Waals surface area contributed by atoms with Crippen LogP contribution in [-0.2, 0) is 11.4 Å². The average Bonchev–Trinajstić information content (AvgIpc) is 3.04. The van der Waals surface area contributed by atoms with Gasteiger partial charge in [-0.2, -0.15) is 5.26 Å². The van der Waals surface area contributed by atoms with Gasteiger partial charge in [-0.15, -0.1) is 11.8 Å². The minimum Gasteiger partial charge on any atom is -0.276 e. The van der Waals surface area contributed by atoms with Crippen molar-refractivity contribution in [2.24, 2.45) is 0 Å². The molecular formula is C17H14N2S. The van der Waals surface area contributed by atoms with Crippen molar-refractivity contribution >= 4 is 11.8 Å². The van der Waals surface area contributed by atoms with Crippen LogP contribution in [-0.4, -0.2) is 17.2 Å². The molecule has 0 aromatic heterocycles. The quantitative estimate of drug-likeness (QED) is 0.800. The molecule has 2 aliphatic rings. The molecule has 4 rings (SSSR count). The molecule has 0 radical (unpaired) electrons. The Morgan fingerprint density at radius 2 is 2.05 bits per heavy atom. The van der Waals surface area contributed by atoms with Crippen molar-refractivity contribution in [3.8, 4) is 6.07 Å². The van der Waals surface area contributed by atoms with Crippen molar-refractivity contribution in [1.29, 1.82) is 5.26 Å². The van der Waals surface area contributed by atoms with Gasteiger partial charge in [0.2, 0.25) is 0 Å². The first-order chi connectivity index (χ1) is 9.84. The third kappa shape index (κ3) is 1.49. The minimum absolute atomic E-state index is 0.0799. The molecule has 1 saturated heterocycles. The largest absolute Gasteiger partial charge is 0.276 e. The Morgan fingerprint density at radius 3 is 2.95 bits per heavy atom. The number of rotatable bonds is 1. The lowest BCUT2D eigenvalue weighted by Crippen LogP contribution is -2.34. The molecule has 0 N–H and O–H groups in total. The predicted molar refractivity (Wildman–Crippen MR) is 81.2 cm³/mol. The topological polar surface area (TPSA) is 27.0 Å². The van der Waals surface area contributed by atoms with E-state index in [1.165, 1.54) is 16.7 Å². The van der Waals surface area contributed by atoms with Crippen LogP contribution in [0.3, 0.4) is 0 Å². The van der Waals surface area contributed by atoms with E-state index >= 15 is 0 Å². The molecule has 1 fully saturated rings. The molecule has 0 amide bonds. The van der Waals surface area contributed by atoms with E-state index in [0.717, 1.165) is 24.4 Å². The summed E-state index contributed by atoms with van der Waals surface area (Å²) < 4.78 is 0. The van der Waals surface area contributed by atoms with E-state index in [-0.39, 0.29) is 4.87 Å². The summed E-state index contributed by atoms with van der Waals surface area (Å²) in [6.45, 7) is 2.12. The monoisotopic (exact) mass is 278 g/mol. The van der Waals surface area contributed by atoms with Gasteiger partial charge in [0.15, 0.2) is 0 Å². The standard InChI is InChI=1S/C17H14N2S/c18-11-13-4-3-6-15(10-13)17-16-7-2-1-5-14(16)12-19(17)8-9-20-17/h1-7,10H,8-9,12H2. The summed E-state index contributed by atoms with van der Waals surface area (Å²) in [5.41, 5.74) is 4.80. The first-order valence-electron chi connectivity index (χ1n) is 6.82. The van der Waals surface area contributed by atoms with Crippen LogP contribution in [0.1, 0.15) is 22.3 Å². The number of hydrogen-bond donors (Lipinski definition) is 0. The molecule has 2 nitrogen and oxygen atoms in total. The molecule has 0 bridgehead atoms. The number of thioether (sulfide) groups is 1. The summed E-state index contributed by atoms with van der Waals surface area (Å²) in [7, 11) is 0. The molecule has 0 saturated carbocycles. The average molecular weight is 278 g/mol. The summed E-state index contributed by atoms with van der Waals surface area (Å²) >= 11 is 1.99. The van der Waals surface area contributed by atoms with E-state index in [0.29, 0.717) is 0 Å². The molecule has 1 atom stereocenters. The van der Waals surface area contributed by atoms with E-state index < -0.39 is 0 Å². The van der Waals surface area contributed by atoms with E-state index in [4.69, 9.17) is 5.26 Å². The van der Waals surface area contributed by atoms with Crippen LogP contribution in [0.2, 0.25) is 0 Å². The van der Waals surface area contributed by atoms with Gasteiger partial charge in [-0.3, -0.25) is 4.90 Å². The van der Waals surface area contributed by atoms with Gasteiger partial charge in [0.1, 0.15) is 4.87 Å². The summed E-state index contributed by atoms with van der Waals surface area (Å²) in [5, 5.41) is 9.17. The second-order valence-electron chi connectivity index (χ2n) is 5.26.